The molecule has 0 radical (unpaired) electrons. The first-order chi connectivity index (χ1) is 10.2. The van der Waals surface area contributed by atoms with E-state index < -0.39 is 12.1 Å². The Balaban J connectivity index is 2.05. The lowest BCUT2D eigenvalue weighted by Gasteiger charge is -2.07. The normalized spacial score (nSPS) is 21.5. The van der Waals surface area contributed by atoms with Gasteiger partial charge in [-0.15, -0.1) is 0 Å². The zero-order valence-electron chi connectivity index (χ0n) is 11.0. The molecule has 2 unspecified atom stereocenters. The molecule has 0 saturated heterocycles. The Morgan fingerprint density at radius 1 is 1.33 bits per heavy atom. The van der Waals surface area contributed by atoms with Crippen molar-refractivity contribution in [2.45, 2.75) is 6.17 Å². The summed E-state index contributed by atoms with van der Waals surface area (Å²) in [5, 5.41) is 23.6. The molecule has 0 fully saturated rings. The predicted molar refractivity (Wildman–Crippen MR) is 79.5 cm³/mol. The molecule has 102 valence electrons. The lowest BCUT2D eigenvalue weighted by molar-refractivity contribution is 0.554. The van der Waals surface area contributed by atoms with E-state index in [0.29, 0.717) is 11.3 Å². The number of nitrogens with zero attached hydrogens (tertiary/aromatic N) is 3. The van der Waals surface area contributed by atoms with Gasteiger partial charge in [0.1, 0.15) is 18.2 Å². The molecule has 4 N–H and O–H groups in total. The summed E-state index contributed by atoms with van der Waals surface area (Å²) in [7, 11) is 0. The third-order valence-corrected chi connectivity index (χ3v) is 3.44. The molecule has 6 nitrogen and oxygen atoms in total. The number of rotatable bonds is 2. The smallest absolute Gasteiger partial charge is 0.126 e. The quantitative estimate of drug-likeness (QED) is 0.720. The molecule has 21 heavy (non-hydrogen) atoms. The maximum Gasteiger partial charge on any atom is 0.126 e. The van der Waals surface area contributed by atoms with E-state index in [-0.39, 0.29) is 0 Å². The van der Waals surface area contributed by atoms with Crippen LogP contribution in [-0.2, 0) is 0 Å². The van der Waals surface area contributed by atoms with E-state index in [0.717, 1.165) is 16.5 Å². The number of nitriles is 2. The highest BCUT2D eigenvalue weighted by atomic mass is 15.4. The molecule has 1 aromatic heterocycles. The molecule has 6 heteroatoms. The Morgan fingerprint density at radius 2 is 2.14 bits per heavy atom. The van der Waals surface area contributed by atoms with Gasteiger partial charge in [0.25, 0.3) is 0 Å². The summed E-state index contributed by atoms with van der Waals surface area (Å²) in [5.74, 6) is -0.624. The van der Waals surface area contributed by atoms with E-state index in [9.17, 15) is 5.26 Å². The SMILES string of the molecule is N#C/C(=C\c1c[nH]c2ccccc12)C1=NNC(N)C1C#N. The van der Waals surface area contributed by atoms with Crippen LogP contribution in [0.1, 0.15) is 5.56 Å². The van der Waals surface area contributed by atoms with Crippen molar-refractivity contribution < 1.29 is 0 Å². The fourth-order valence-electron chi connectivity index (χ4n) is 2.36. The highest BCUT2D eigenvalue weighted by Crippen LogP contribution is 2.23. The third-order valence-electron chi connectivity index (χ3n) is 3.44. The average Bonchev–Trinajstić information content (AvgIpc) is 3.08. The van der Waals surface area contributed by atoms with Gasteiger partial charge in [0.2, 0.25) is 0 Å². The second-order valence-corrected chi connectivity index (χ2v) is 4.72. The molecule has 0 saturated carbocycles. The Kier molecular flexibility index (Phi) is 3.15. The predicted octanol–water partition coefficient (Wildman–Crippen LogP) is 1.46. The number of hydrazone groups is 1. The summed E-state index contributed by atoms with van der Waals surface area (Å²) in [6.45, 7) is 0. The van der Waals surface area contributed by atoms with Crippen molar-refractivity contribution in [3.05, 3.63) is 41.6 Å². The maximum absolute atomic E-state index is 9.37. The van der Waals surface area contributed by atoms with E-state index in [1.54, 1.807) is 6.08 Å². The molecule has 2 aromatic rings. The minimum atomic E-state index is -0.624. The average molecular weight is 276 g/mol. The van der Waals surface area contributed by atoms with Gasteiger partial charge < -0.3 is 10.7 Å². The number of allylic oxidation sites excluding steroid dienone is 1. The van der Waals surface area contributed by atoms with Crippen molar-refractivity contribution in [1.82, 2.24) is 10.4 Å². The number of aromatic amines is 1. The molecule has 1 aromatic carbocycles. The second-order valence-electron chi connectivity index (χ2n) is 4.72. The van der Waals surface area contributed by atoms with Crippen LogP contribution in [-0.4, -0.2) is 16.9 Å². The number of hydrogen-bond acceptors (Lipinski definition) is 5. The first-order valence-electron chi connectivity index (χ1n) is 6.41. The molecular weight excluding hydrogens is 264 g/mol. The minimum absolute atomic E-state index is 0.340. The zero-order valence-corrected chi connectivity index (χ0v) is 11.0. The van der Waals surface area contributed by atoms with Crippen LogP contribution in [0.5, 0.6) is 0 Å². The monoisotopic (exact) mass is 276 g/mol. The topological polar surface area (TPSA) is 114 Å². The number of benzene rings is 1. The van der Waals surface area contributed by atoms with Gasteiger partial charge in [0, 0.05) is 22.7 Å². The van der Waals surface area contributed by atoms with Crippen LogP contribution in [0.15, 0.2) is 41.1 Å². The van der Waals surface area contributed by atoms with Crippen molar-refractivity contribution in [3.63, 3.8) is 0 Å². The summed E-state index contributed by atoms with van der Waals surface area (Å²) in [4.78, 5) is 3.14. The van der Waals surface area contributed by atoms with Gasteiger partial charge in [0.15, 0.2) is 0 Å². The molecule has 1 aliphatic heterocycles. The van der Waals surface area contributed by atoms with E-state index >= 15 is 0 Å². The molecule has 3 rings (SSSR count). The van der Waals surface area contributed by atoms with E-state index in [4.69, 9.17) is 11.0 Å². The number of nitrogens with one attached hydrogen (secondary N) is 2. The molecule has 0 spiro atoms. The molecule has 1 aliphatic rings. The number of para-hydroxylation sites is 1. The Hall–Kier alpha value is -3.09. The summed E-state index contributed by atoms with van der Waals surface area (Å²) < 4.78 is 0. The zero-order chi connectivity index (χ0) is 14.8. The number of hydrogen-bond donors (Lipinski definition) is 3. The molecule has 2 heterocycles. The van der Waals surface area contributed by atoms with Crippen molar-refractivity contribution >= 4 is 22.7 Å². The Bertz CT molecular complexity index is 830. The van der Waals surface area contributed by atoms with Crippen LogP contribution in [0.4, 0.5) is 0 Å². The van der Waals surface area contributed by atoms with Crippen molar-refractivity contribution in [1.29, 1.82) is 10.5 Å². The third kappa shape index (κ3) is 2.14. The number of H-pyrrole nitrogens is 1. The first kappa shape index (κ1) is 12.9. The Labute approximate surface area is 121 Å². The fraction of sp³-hybridized carbons (Fsp3) is 0.133. The Morgan fingerprint density at radius 3 is 2.90 bits per heavy atom. The summed E-state index contributed by atoms with van der Waals surface area (Å²) in [5.41, 5.74) is 11.0. The van der Waals surface area contributed by atoms with Crippen LogP contribution in [0, 0.1) is 28.6 Å². The van der Waals surface area contributed by atoms with Gasteiger partial charge in [-0.3, -0.25) is 5.43 Å². The van der Waals surface area contributed by atoms with Gasteiger partial charge in [0.05, 0.1) is 17.4 Å². The van der Waals surface area contributed by atoms with E-state index in [1.165, 1.54) is 0 Å². The van der Waals surface area contributed by atoms with E-state index in [2.05, 4.69) is 27.6 Å². The molecule has 0 amide bonds. The van der Waals surface area contributed by atoms with Gasteiger partial charge >= 0.3 is 0 Å². The second kappa shape index (κ2) is 5.12. The van der Waals surface area contributed by atoms with Gasteiger partial charge in [-0.1, -0.05) is 18.2 Å². The standard InChI is InChI=1S/C15H12N6/c16-6-9(14-12(7-17)15(18)21-20-14)5-10-8-19-13-4-2-1-3-11(10)13/h1-5,8,12,15,19,21H,18H2/b9-5+. The van der Waals surface area contributed by atoms with Crippen LogP contribution in [0.25, 0.3) is 17.0 Å². The number of nitrogens with two attached hydrogens (primary N) is 1. The van der Waals surface area contributed by atoms with Crippen LogP contribution in [0.3, 0.4) is 0 Å². The lowest BCUT2D eigenvalue weighted by Crippen LogP contribution is -2.37. The largest absolute Gasteiger partial charge is 0.361 e. The van der Waals surface area contributed by atoms with Gasteiger partial charge in [-0.05, 0) is 12.1 Å². The first-order valence-corrected chi connectivity index (χ1v) is 6.41. The molecule has 2 atom stereocenters. The van der Waals surface area contributed by atoms with Crippen molar-refractivity contribution in [2.75, 3.05) is 0 Å². The van der Waals surface area contributed by atoms with Crippen molar-refractivity contribution in [3.8, 4) is 12.1 Å². The van der Waals surface area contributed by atoms with Crippen LogP contribution in [0.2, 0.25) is 0 Å². The minimum Gasteiger partial charge on any atom is -0.361 e. The highest BCUT2D eigenvalue weighted by Gasteiger charge is 2.31. The van der Waals surface area contributed by atoms with Gasteiger partial charge in [-0.2, -0.15) is 15.6 Å². The van der Waals surface area contributed by atoms with Crippen LogP contribution >= 0.6 is 0 Å². The van der Waals surface area contributed by atoms with E-state index in [1.807, 2.05) is 30.5 Å². The summed E-state index contributed by atoms with van der Waals surface area (Å²) in [6, 6.07) is 12.0. The summed E-state index contributed by atoms with van der Waals surface area (Å²) >= 11 is 0. The van der Waals surface area contributed by atoms with Crippen LogP contribution < -0.4 is 11.2 Å². The number of aromatic nitrogens is 1. The van der Waals surface area contributed by atoms with Crippen molar-refractivity contribution in [2.24, 2.45) is 16.8 Å². The van der Waals surface area contributed by atoms with Gasteiger partial charge in [-0.25, -0.2) is 0 Å². The molecule has 0 aliphatic carbocycles. The molecular formula is C15H12N6. The maximum atomic E-state index is 9.37. The lowest BCUT2D eigenvalue weighted by atomic mass is 9.96. The molecule has 0 bridgehead atoms. The fourth-order valence-corrected chi connectivity index (χ4v) is 2.36. The summed E-state index contributed by atoms with van der Waals surface area (Å²) in [6.07, 6.45) is 2.97. The highest BCUT2D eigenvalue weighted by molar-refractivity contribution is 6.11. The number of fused-ring (bicyclic) bond motifs is 1.